The summed E-state index contributed by atoms with van der Waals surface area (Å²) in [5, 5.41) is 11.3. The summed E-state index contributed by atoms with van der Waals surface area (Å²) in [7, 11) is 0. The Labute approximate surface area is 122 Å². The minimum absolute atomic E-state index is 0.135. The Hall–Kier alpha value is -2.63. The SMILES string of the molecule is CC(=O)OCC(=O)N[C@@H](C/C=C/c1ccccc1)C(=O)O. The minimum atomic E-state index is -1.15. The minimum Gasteiger partial charge on any atom is -0.480 e. The standard InChI is InChI=1S/C15H17NO5/c1-11(17)21-10-14(18)16-13(15(19)20)9-5-8-12-6-3-2-4-7-12/h2-8,13H,9-10H2,1H3,(H,16,18)(H,19,20)/b8-5+/t13-/m0/s1. The number of hydrogen-bond acceptors (Lipinski definition) is 4. The maximum absolute atomic E-state index is 11.4. The number of hydrogen-bond donors (Lipinski definition) is 2. The highest BCUT2D eigenvalue weighted by molar-refractivity contribution is 5.85. The van der Waals surface area contributed by atoms with Gasteiger partial charge < -0.3 is 15.2 Å². The van der Waals surface area contributed by atoms with Crippen LogP contribution in [0.25, 0.3) is 6.08 Å². The normalized spacial score (nSPS) is 11.9. The summed E-state index contributed by atoms with van der Waals surface area (Å²) in [6.07, 6.45) is 3.57. The van der Waals surface area contributed by atoms with Gasteiger partial charge in [-0.2, -0.15) is 0 Å². The second-order valence-electron chi connectivity index (χ2n) is 4.29. The van der Waals surface area contributed by atoms with Gasteiger partial charge in [-0.3, -0.25) is 9.59 Å². The zero-order valence-electron chi connectivity index (χ0n) is 11.6. The largest absolute Gasteiger partial charge is 0.480 e. The first-order chi connectivity index (χ1) is 9.99. The highest BCUT2D eigenvalue weighted by Gasteiger charge is 2.18. The van der Waals surface area contributed by atoms with Crippen molar-refractivity contribution in [3.63, 3.8) is 0 Å². The highest BCUT2D eigenvalue weighted by Crippen LogP contribution is 2.03. The van der Waals surface area contributed by atoms with E-state index in [-0.39, 0.29) is 6.42 Å². The van der Waals surface area contributed by atoms with Gasteiger partial charge in [0.1, 0.15) is 6.04 Å². The van der Waals surface area contributed by atoms with Crippen LogP contribution in [0.3, 0.4) is 0 Å². The molecule has 0 fully saturated rings. The van der Waals surface area contributed by atoms with Crippen molar-refractivity contribution in [3.8, 4) is 0 Å². The number of carbonyl (C=O) groups excluding carboxylic acids is 2. The third kappa shape index (κ3) is 6.91. The van der Waals surface area contributed by atoms with E-state index >= 15 is 0 Å². The molecule has 0 aliphatic rings. The number of carboxylic acids is 1. The van der Waals surface area contributed by atoms with Crippen LogP contribution >= 0.6 is 0 Å². The predicted molar refractivity (Wildman–Crippen MR) is 76.3 cm³/mol. The average Bonchev–Trinajstić information content (AvgIpc) is 2.45. The van der Waals surface area contributed by atoms with Crippen LogP contribution in [0.15, 0.2) is 36.4 Å². The highest BCUT2D eigenvalue weighted by atomic mass is 16.5. The van der Waals surface area contributed by atoms with Crippen molar-refractivity contribution in [1.29, 1.82) is 0 Å². The van der Waals surface area contributed by atoms with E-state index in [2.05, 4.69) is 10.1 Å². The first-order valence-electron chi connectivity index (χ1n) is 6.36. The van der Waals surface area contributed by atoms with E-state index < -0.39 is 30.5 Å². The zero-order chi connectivity index (χ0) is 15.7. The van der Waals surface area contributed by atoms with E-state index in [1.807, 2.05) is 30.3 Å². The lowest BCUT2D eigenvalue weighted by Gasteiger charge is -2.12. The van der Waals surface area contributed by atoms with Crippen LogP contribution < -0.4 is 5.32 Å². The number of benzene rings is 1. The first-order valence-corrected chi connectivity index (χ1v) is 6.36. The molecule has 1 atom stereocenters. The Kier molecular flexibility index (Phi) is 6.67. The quantitative estimate of drug-likeness (QED) is 0.737. The van der Waals surface area contributed by atoms with E-state index in [1.165, 1.54) is 6.92 Å². The number of amides is 1. The molecule has 0 bridgehead atoms. The number of carboxylic acid groups (broad SMARTS) is 1. The van der Waals surface area contributed by atoms with E-state index in [1.54, 1.807) is 12.2 Å². The van der Waals surface area contributed by atoms with Crippen molar-refractivity contribution in [2.75, 3.05) is 6.61 Å². The fraction of sp³-hybridized carbons (Fsp3) is 0.267. The molecule has 1 aromatic rings. The van der Waals surface area contributed by atoms with Gasteiger partial charge in [0.15, 0.2) is 6.61 Å². The molecule has 0 spiro atoms. The van der Waals surface area contributed by atoms with Gasteiger partial charge in [-0.05, 0) is 12.0 Å². The van der Waals surface area contributed by atoms with Gasteiger partial charge in [0.2, 0.25) is 0 Å². The van der Waals surface area contributed by atoms with Crippen LogP contribution in [0.5, 0.6) is 0 Å². The molecule has 1 rings (SSSR count). The lowest BCUT2D eigenvalue weighted by atomic mass is 10.1. The summed E-state index contributed by atoms with van der Waals surface area (Å²) in [4.78, 5) is 33.0. The summed E-state index contributed by atoms with van der Waals surface area (Å²) < 4.78 is 4.50. The summed E-state index contributed by atoms with van der Waals surface area (Å²) in [6, 6.07) is 8.32. The van der Waals surface area contributed by atoms with Crippen molar-refractivity contribution in [1.82, 2.24) is 5.32 Å². The van der Waals surface area contributed by atoms with Gasteiger partial charge >= 0.3 is 11.9 Å². The fourth-order valence-corrected chi connectivity index (χ4v) is 1.53. The Morgan fingerprint density at radius 1 is 1.29 bits per heavy atom. The lowest BCUT2D eigenvalue weighted by molar-refractivity contribution is -0.147. The van der Waals surface area contributed by atoms with Crippen molar-refractivity contribution in [2.45, 2.75) is 19.4 Å². The first kappa shape index (κ1) is 16.4. The number of rotatable bonds is 7. The molecule has 0 aliphatic carbocycles. The molecule has 1 aromatic carbocycles. The Balaban J connectivity index is 2.50. The third-order valence-corrected chi connectivity index (χ3v) is 2.52. The summed E-state index contributed by atoms with van der Waals surface area (Å²) in [6.45, 7) is 0.687. The van der Waals surface area contributed by atoms with E-state index in [4.69, 9.17) is 5.11 Å². The molecule has 0 radical (unpaired) electrons. The van der Waals surface area contributed by atoms with Gasteiger partial charge in [0.25, 0.3) is 5.91 Å². The average molecular weight is 291 g/mol. The number of esters is 1. The Morgan fingerprint density at radius 3 is 2.52 bits per heavy atom. The fourth-order valence-electron chi connectivity index (χ4n) is 1.53. The Bertz CT molecular complexity index is 524. The smallest absolute Gasteiger partial charge is 0.326 e. The molecule has 0 unspecified atom stereocenters. The van der Waals surface area contributed by atoms with Crippen molar-refractivity contribution in [3.05, 3.63) is 42.0 Å². The molecule has 21 heavy (non-hydrogen) atoms. The van der Waals surface area contributed by atoms with Gasteiger partial charge in [-0.1, -0.05) is 42.5 Å². The molecule has 0 heterocycles. The molecule has 6 heteroatoms. The van der Waals surface area contributed by atoms with E-state index in [0.717, 1.165) is 5.56 Å². The number of ether oxygens (including phenoxy) is 1. The van der Waals surface area contributed by atoms with Crippen LogP contribution in [0.4, 0.5) is 0 Å². The van der Waals surface area contributed by atoms with Gasteiger partial charge in [0.05, 0.1) is 0 Å². The molecule has 112 valence electrons. The topological polar surface area (TPSA) is 92.7 Å². The second kappa shape index (κ2) is 8.52. The maximum atomic E-state index is 11.4. The molecule has 2 N–H and O–H groups in total. The summed E-state index contributed by atoms with van der Waals surface area (Å²) in [5.74, 6) is -2.39. The van der Waals surface area contributed by atoms with Crippen molar-refractivity contribution in [2.24, 2.45) is 0 Å². The molecule has 0 saturated heterocycles. The summed E-state index contributed by atoms with van der Waals surface area (Å²) >= 11 is 0. The van der Waals surface area contributed by atoms with Crippen molar-refractivity contribution < 1.29 is 24.2 Å². The van der Waals surface area contributed by atoms with Crippen LogP contribution in [0, 0.1) is 0 Å². The van der Waals surface area contributed by atoms with E-state index in [0.29, 0.717) is 0 Å². The van der Waals surface area contributed by atoms with Gasteiger partial charge in [-0.25, -0.2) is 4.79 Å². The molecule has 0 saturated carbocycles. The van der Waals surface area contributed by atoms with Gasteiger partial charge in [-0.15, -0.1) is 0 Å². The number of nitrogens with one attached hydrogen (secondary N) is 1. The summed E-state index contributed by atoms with van der Waals surface area (Å²) in [5.41, 5.74) is 0.938. The molecular formula is C15H17NO5. The number of aliphatic carboxylic acids is 1. The predicted octanol–water partition coefficient (Wildman–Crippen LogP) is 1.22. The maximum Gasteiger partial charge on any atom is 0.326 e. The zero-order valence-corrected chi connectivity index (χ0v) is 11.6. The van der Waals surface area contributed by atoms with Crippen molar-refractivity contribution >= 4 is 23.9 Å². The molecule has 1 amide bonds. The lowest BCUT2D eigenvalue weighted by Crippen LogP contribution is -2.42. The van der Waals surface area contributed by atoms with Crippen LogP contribution in [0.2, 0.25) is 0 Å². The third-order valence-electron chi connectivity index (χ3n) is 2.52. The van der Waals surface area contributed by atoms with Gasteiger partial charge in [0, 0.05) is 6.92 Å². The van der Waals surface area contributed by atoms with Crippen LogP contribution in [-0.2, 0) is 19.1 Å². The molecule has 0 aliphatic heterocycles. The van der Waals surface area contributed by atoms with Crippen LogP contribution in [0.1, 0.15) is 18.9 Å². The molecular weight excluding hydrogens is 274 g/mol. The molecule has 6 nitrogen and oxygen atoms in total. The van der Waals surface area contributed by atoms with Crippen LogP contribution in [-0.4, -0.2) is 35.6 Å². The monoisotopic (exact) mass is 291 g/mol. The second-order valence-corrected chi connectivity index (χ2v) is 4.29. The van der Waals surface area contributed by atoms with E-state index in [9.17, 15) is 14.4 Å². The number of carbonyl (C=O) groups is 3. The molecule has 0 aromatic heterocycles. The Morgan fingerprint density at radius 2 is 1.95 bits per heavy atom.